The first-order valence-electron chi connectivity index (χ1n) is 2.65. The molecule has 1 nitrogen and oxygen atoms in total. The molecule has 0 radical (unpaired) electrons. The lowest BCUT2D eigenvalue weighted by Crippen LogP contribution is -2.13. The Balaban J connectivity index is 0. The SMILES string of the molecule is CN1CCC(S)C1.Cl.Cl. The van der Waals surface area contributed by atoms with Crippen LogP contribution in [0.4, 0.5) is 0 Å². The maximum Gasteiger partial charge on any atom is 0.0156 e. The number of halogens is 2. The summed E-state index contributed by atoms with van der Waals surface area (Å²) >= 11 is 4.31. The molecule has 1 saturated heterocycles. The topological polar surface area (TPSA) is 3.24 Å². The number of thiol groups is 1. The van der Waals surface area contributed by atoms with Gasteiger partial charge in [-0.1, -0.05) is 0 Å². The number of hydrogen-bond donors (Lipinski definition) is 1. The van der Waals surface area contributed by atoms with Crippen molar-refractivity contribution in [3.63, 3.8) is 0 Å². The van der Waals surface area contributed by atoms with Gasteiger partial charge < -0.3 is 4.90 Å². The zero-order valence-electron chi connectivity index (χ0n) is 5.41. The van der Waals surface area contributed by atoms with Crippen LogP contribution in [-0.4, -0.2) is 30.3 Å². The molecule has 1 fully saturated rings. The number of rotatable bonds is 0. The summed E-state index contributed by atoms with van der Waals surface area (Å²) in [5.41, 5.74) is 0. The van der Waals surface area contributed by atoms with Gasteiger partial charge in [0.2, 0.25) is 0 Å². The van der Waals surface area contributed by atoms with E-state index in [2.05, 4.69) is 24.6 Å². The minimum absolute atomic E-state index is 0. The highest BCUT2D eigenvalue weighted by atomic mass is 35.5. The van der Waals surface area contributed by atoms with Crippen molar-refractivity contribution in [3.8, 4) is 0 Å². The fourth-order valence-electron chi connectivity index (χ4n) is 0.912. The second-order valence-electron chi connectivity index (χ2n) is 2.20. The van der Waals surface area contributed by atoms with Gasteiger partial charge in [-0.05, 0) is 20.0 Å². The predicted molar refractivity (Wildman–Crippen MR) is 49.4 cm³/mol. The van der Waals surface area contributed by atoms with E-state index in [-0.39, 0.29) is 24.8 Å². The molecule has 0 bridgehead atoms. The highest BCUT2D eigenvalue weighted by molar-refractivity contribution is 7.81. The Morgan fingerprint density at radius 1 is 1.44 bits per heavy atom. The molecule has 0 amide bonds. The average molecular weight is 190 g/mol. The second-order valence-corrected chi connectivity index (χ2v) is 2.94. The van der Waals surface area contributed by atoms with Gasteiger partial charge in [-0.25, -0.2) is 0 Å². The molecule has 58 valence electrons. The molecule has 1 aliphatic heterocycles. The Morgan fingerprint density at radius 2 is 2.00 bits per heavy atom. The molecular formula is C5H13Cl2NS. The van der Waals surface area contributed by atoms with E-state index in [0.29, 0.717) is 5.25 Å². The van der Waals surface area contributed by atoms with Crippen LogP contribution in [0, 0.1) is 0 Å². The molecule has 1 rings (SSSR count). The van der Waals surface area contributed by atoms with Crippen LogP contribution >= 0.6 is 37.4 Å². The van der Waals surface area contributed by atoms with E-state index in [9.17, 15) is 0 Å². The molecule has 0 aromatic heterocycles. The Labute approximate surface area is 74.4 Å². The Morgan fingerprint density at radius 3 is 2.11 bits per heavy atom. The Hall–Kier alpha value is 0.890. The van der Waals surface area contributed by atoms with Crippen LogP contribution in [0.3, 0.4) is 0 Å². The summed E-state index contributed by atoms with van der Waals surface area (Å²) in [5, 5.41) is 0.644. The standard InChI is InChI=1S/C5H11NS.2ClH/c1-6-3-2-5(7)4-6;;/h5,7H,2-4H2,1H3;2*1H. The molecule has 4 heteroatoms. The van der Waals surface area contributed by atoms with Crippen molar-refractivity contribution < 1.29 is 0 Å². The van der Waals surface area contributed by atoms with Crippen LogP contribution in [0.5, 0.6) is 0 Å². The van der Waals surface area contributed by atoms with Gasteiger partial charge in [-0.3, -0.25) is 0 Å². The van der Waals surface area contributed by atoms with Crippen LogP contribution in [0.25, 0.3) is 0 Å². The zero-order chi connectivity index (χ0) is 5.28. The van der Waals surface area contributed by atoms with Crippen molar-refractivity contribution >= 4 is 37.4 Å². The maximum absolute atomic E-state index is 4.31. The van der Waals surface area contributed by atoms with Gasteiger partial charge >= 0.3 is 0 Å². The molecule has 0 aliphatic carbocycles. The van der Waals surface area contributed by atoms with Gasteiger partial charge in [0.25, 0.3) is 0 Å². The Kier molecular flexibility index (Phi) is 7.89. The molecule has 0 spiro atoms. The monoisotopic (exact) mass is 189 g/mol. The number of nitrogens with zero attached hydrogens (tertiary/aromatic N) is 1. The lowest BCUT2D eigenvalue weighted by atomic mass is 10.4. The first-order chi connectivity index (χ1) is 3.29. The number of hydrogen-bond acceptors (Lipinski definition) is 2. The molecule has 0 saturated carbocycles. The van der Waals surface area contributed by atoms with Gasteiger partial charge in [0.1, 0.15) is 0 Å². The van der Waals surface area contributed by atoms with Crippen molar-refractivity contribution in [1.29, 1.82) is 0 Å². The average Bonchev–Trinajstić information content (AvgIpc) is 1.87. The first kappa shape index (κ1) is 12.6. The minimum Gasteiger partial charge on any atom is -0.305 e. The predicted octanol–water partition coefficient (Wildman–Crippen LogP) is 1.46. The summed E-state index contributed by atoms with van der Waals surface area (Å²) in [6.45, 7) is 2.40. The normalized spacial score (nSPS) is 26.7. The van der Waals surface area contributed by atoms with Crippen molar-refractivity contribution in [1.82, 2.24) is 4.90 Å². The summed E-state index contributed by atoms with van der Waals surface area (Å²) in [4.78, 5) is 2.30. The van der Waals surface area contributed by atoms with E-state index < -0.39 is 0 Å². The van der Waals surface area contributed by atoms with E-state index in [1.165, 1.54) is 19.5 Å². The maximum atomic E-state index is 4.31. The van der Waals surface area contributed by atoms with Crippen LogP contribution in [-0.2, 0) is 0 Å². The van der Waals surface area contributed by atoms with Crippen LogP contribution < -0.4 is 0 Å². The van der Waals surface area contributed by atoms with Gasteiger partial charge in [-0.2, -0.15) is 12.6 Å². The first-order valence-corrected chi connectivity index (χ1v) is 3.17. The third-order valence-electron chi connectivity index (χ3n) is 1.37. The fourth-order valence-corrected chi connectivity index (χ4v) is 1.31. The third-order valence-corrected chi connectivity index (χ3v) is 1.79. The van der Waals surface area contributed by atoms with E-state index in [1.807, 2.05) is 0 Å². The van der Waals surface area contributed by atoms with Crippen LogP contribution in [0.15, 0.2) is 0 Å². The molecule has 0 aromatic rings. The van der Waals surface area contributed by atoms with Gasteiger partial charge in [-0.15, -0.1) is 24.8 Å². The van der Waals surface area contributed by atoms with Crippen LogP contribution in [0.1, 0.15) is 6.42 Å². The molecular weight excluding hydrogens is 177 g/mol. The lowest BCUT2D eigenvalue weighted by molar-refractivity contribution is 0.419. The summed E-state index contributed by atoms with van der Waals surface area (Å²) < 4.78 is 0. The largest absolute Gasteiger partial charge is 0.305 e. The molecule has 1 atom stereocenters. The molecule has 0 aromatic carbocycles. The van der Waals surface area contributed by atoms with E-state index in [4.69, 9.17) is 0 Å². The highest BCUT2D eigenvalue weighted by Crippen LogP contribution is 2.10. The van der Waals surface area contributed by atoms with E-state index in [1.54, 1.807) is 0 Å². The summed E-state index contributed by atoms with van der Waals surface area (Å²) in [6, 6.07) is 0. The zero-order valence-corrected chi connectivity index (χ0v) is 7.94. The quantitative estimate of drug-likeness (QED) is 0.566. The molecule has 0 N–H and O–H groups in total. The minimum atomic E-state index is 0. The van der Waals surface area contributed by atoms with Crippen molar-refractivity contribution in [2.24, 2.45) is 0 Å². The smallest absolute Gasteiger partial charge is 0.0156 e. The van der Waals surface area contributed by atoms with Crippen molar-refractivity contribution in [2.45, 2.75) is 11.7 Å². The summed E-state index contributed by atoms with van der Waals surface area (Å²) in [6.07, 6.45) is 1.26. The second kappa shape index (κ2) is 5.66. The number of likely N-dealkylation sites (tertiary alicyclic amines) is 1. The van der Waals surface area contributed by atoms with Crippen molar-refractivity contribution in [2.75, 3.05) is 20.1 Å². The summed E-state index contributed by atoms with van der Waals surface area (Å²) in [5.74, 6) is 0. The molecule has 9 heavy (non-hydrogen) atoms. The van der Waals surface area contributed by atoms with Gasteiger partial charge in [0, 0.05) is 11.8 Å². The van der Waals surface area contributed by atoms with Crippen molar-refractivity contribution in [3.05, 3.63) is 0 Å². The Bertz CT molecular complexity index is 64.0. The molecule has 1 unspecified atom stereocenters. The molecule has 1 heterocycles. The van der Waals surface area contributed by atoms with Gasteiger partial charge in [0.15, 0.2) is 0 Å². The van der Waals surface area contributed by atoms with Gasteiger partial charge in [0.05, 0.1) is 0 Å². The molecule has 1 aliphatic rings. The third kappa shape index (κ3) is 4.31. The summed E-state index contributed by atoms with van der Waals surface area (Å²) in [7, 11) is 2.14. The van der Waals surface area contributed by atoms with E-state index in [0.717, 1.165) is 0 Å². The lowest BCUT2D eigenvalue weighted by Gasteiger charge is -2.03. The highest BCUT2D eigenvalue weighted by Gasteiger charge is 2.14. The fraction of sp³-hybridized carbons (Fsp3) is 1.00. The van der Waals surface area contributed by atoms with Crippen LogP contribution in [0.2, 0.25) is 0 Å². The van der Waals surface area contributed by atoms with E-state index >= 15 is 0 Å².